The molecule has 2 heterocycles. The number of hydrogen-bond acceptors (Lipinski definition) is 8. The van der Waals surface area contributed by atoms with E-state index in [1.54, 1.807) is 18.2 Å². The van der Waals surface area contributed by atoms with Crippen LogP contribution in [0.1, 0.15) is 24.0 Å². The van der Waals surface area contributed by atoms with Crippen LogP contribution in [0.3, 0.4) is 0 Å². The van der Waals surface area contributed by atoms with Crippen LogP contribution in [0.15, 0.2) is 24.3 Å². The maximum Gasteiger partial charge on any atom is 0.320 e. The molecule has 4 N–H and O–H groups in total. The van der Waals surface area contributed by atoms with E-state index in [4.69, 9.17) is 20.8 Å². The lowest BCUT2D eigenvalue weighted by molar-refractivity contribution is 0.244. The molecule has 0 aliphatic carbocycles. The van der Waals surface area contributed by atoms with E-state index in [9.17, 15) is 5.11 Å². The molecule has 0 bridgehead atoms. The number of aromatic nitrogens is 4. The van der Waals surface area contributed by atoms with Crippen molar-refractivity contribution in [1.29, 1.82) is 5.26 Å². The Labute approximate surface area is 149 Å². The Balaban J connectivity index is 1.92. The van der Waals surface area contributed by atoms with E-state index in [-0.39, 0.29) is 36.5 Å². The maximum atomic E-state index is 10.2. The zero-order chi connectivity index (χ0) is 18.5. The number of unbranched alkanes of at least 4 members (excludes halogenated alkanes) is 1. The summed E-state index contributed by atoms with van der Waals surface area (Å²) in [6, 6.07) is 8.94. The Hall–Kier alpha value is -3.38. The van der Waals surface area contributed by atoms with Gasteiger partial charge < -0.3 is 20.7 Å². The first-order valence-corrected chi connectivity index (χ1v) is 8.07. The highest BCUT2D eigenvalue weighted by Gasteiger charge is 2.17. The van der Waals surface area contributed by atoms with Crippen LogP contribution >= 0.6 is 0 Å². The largest absolute Gasteiger partial charge is 0.480 e. The fourth-order valence-corrected chi connectivity index (χ4v) is 2.50. The Morgan fingerprint density at radius 2 is 2.08 bits per heavy atom. The summed E-state index contributed by atoms with van der Waals surface area (Å²) in [6.45, 7) is 0.696. The van der Waals surface area contributed by atoms with E-state index >= 15 is 0 Å². The van der Waals surface area contributed by atoms with Gasteiger partial charge in [0.2, 0.25) is 0 Å². The number of nitrogens with zero attached hydrogens (tertiary/aromatic N) is 5. The zero-order valence-electron chi connectivity index (χ0n) is 14.0. The molecular weight excluding hydrogens is 336 g/mol. The molecule has 1 aromatic carbocycles. The molecule has 0 radical (unpaired) electrons. The van der Waals surface area contributed by atoms with Gasteiger partial charge in [-0.2, -0.15) is 20.2 Å². The summed E-state index contributed by atoms with van der Waals surface area (Å²) in [6.07, 6.45) is 1.27. The molecule has 9 nitrogen and oxygen atoms in total. The lowest BCUT2D eigenvalue weighted by Crippen LogP contribution is -2.06. The van der Waals surface area contributed by atoms with Crippen molar-refractivity contribution in [1.82, 2.24) is 19.5 Å². The molecule has 134 valence electrons. The van der Waals surface area contributed by atoms with Gasteiger partial charge in [0, 0.05) is 6.61 Å². The van der Waals surface area contributed by atoms with Gasteiger partial charge in [0.1, 0.15) is 0 Å². The lowest BCUT2D eigenvalue weighted by atomic mass is 10.1. The fourth-order valence-electron chi connectivity index (χ4n) is 2.50. The van der Waals surface area contributed by atoms with Crippen molar-refractivity contribution in [2.24, 2.45) is 0 Å². The van der Waals surface area contributed by atoms with Gasteiger partial charge in [-0.15, -0.1) is 0 Å². The van der Waals surface area contributed by atoms with Crippen molar-refractivity contribution >= 4 is 17.0 Å². The third-order valence-electron chi connectivity index (χ3n) is 3.76. The summed E-state index contributed by atoms with van der Waals surface area (Å²) in [7, 11) is 0. The van der Waals surface area contributed by atoms with E-state index in [0.717, 1.165) is 5.56 Å². The highest BCUT2D eigenvalue weighted by molar-refractivity contribution is 5.83. The molecule has 0 aliphatic rings. The number of rotatable bonds is 7. The zero-order valence-corrected chi connectivity index (χ0v) is 14.0. The standard InChI is InChI=1S/C17H18N6O3/c18-9-11-4-3-5-12(8-11)10-23-15-13(20-17(23)25)14(19)21-16(22-15)26-7-2-1-6-24/h3-5,8,24H,1-2,6-7,10H2,(H,20,25)(H2,19,21,22). The van der Waals surface area contributed by atoms with Gasteiger partial charge in [-0.1, -0.05) is 12.1 Å². The first-order chi connectivity index (χ1) is 12.6. The van der Waals surface area contributed by atoms with Crippen LogP contribution in [0.4, 0.5) is 5.82 Å². The van der Waals surface area contributed by atoms with Gasteiger partial charge in [0.15, 0.2) is 17.0 Å². The number of imidazole rings is 1. The number of aromatic hydroxyl groups is 1. The van der Waals surface area contributed by atoms with Crippen molar-refractivity contribution in [2.75, 3.05) is 18.9 Å². The molecule has 0 spiro atoms. The third-order valence-corrected chi connectivity index (χ3v) is 3.76. The SMILES string of the molecule is N#Cc1cccc(Cn2c(O)nc3c(N)nc(OCCCCO)nc32)c1. The summed E-state index contributed by atoms with van der Waals surface area (Å²) >= 11 is 0. The number of nitrogen functional groups attached to an aromatic ring is 1. The van der Waals surface area contributed by atoms with Gasteiger partial charge in [-0.25, -0.2) is 0 Å². The minimum Gasteiger partial charge on any atom is -0.480 e. The third kappa shape index (κ3) is 3.65. The topological polar surface area (TPSA) is 143 Å². The predicted molar refractivity (Wildman–Crippen MR) is 93.5 cm³/mol. The normalized spacial score (nSPS) is 10.8. The highest BCUT2D eigenvalue weighted by Crippen LogP contribution is 2.25. The van der Waals surface area contributed by atoms with Gasteiger partial charge in [0.25, 0.3) is 6.01 Å². The van der Waals surface area contributed by atoms with E-state index in [1.165, 1.54) is 4.57 Å². The number of anilines is 1. The van der Waals surface area contributed by atoms with Gasteiger partial charge in [-0.05, 0) is 30.5 Å². The van der Waals surface area contributed by atoms with Crippen LogP contribution in [0.2, 0.25) is 0 Å². The maximum absolute atomic E-state index is 10.2. The molecule has 26 heavy (non-hydrogen) atoms. The monoisotopic (exact) mass is 354 g/mol. The molecule has 2 aromatic heterocycles. The van der Waals surface area contributed by atoms with E-state index in [0.29, 0.717) is 30.7 Å². The van der Waals surface area contributed by atoms with Crippen LogP contribution in [0, 0.1) is 11.3 Å². The minimum atomic E-state index is -0.249. The average molecular weight is 354 g/mol. The summed E-state index contributed by atoms with van der Waals surface area (Å²) in [5, 5.41) is 28.0. The summed E-state index contributed by atoms with van der Waals surface area (Å²) in [5.41, 5.74) is 7.86. The first kappa shape index (κ1) is 17.4. The number of aliphatic hydroxyl groups excluding tert-OH is 1. The fraction of sp³-hybridized carbons (Fsp3) is 0.294. The predicted octanol–water partition coefficient (Wildman–Crippen LogP) is 1.19. The van der Waals surface area contributed by atoms with Crippen molar-refractivity contribution in [3.63, 3.8) is 0 Å². The molecule has 3 aromatic rings. The van der Waals surface area contributed by atoms with E-state index < -0.39 is 0 Å². The van der Waals surface area contributed by atoms with Gasteiger partial charge >= 0.3 is 6.01 Å². The summed E-state index contributed by atoms with van der Waals surface area (Å²) < 4.78 is 6.95. The number of aliphatic hydroxyl groups is 1. The summed E-state index contributed by atoms with van der Waals surface area (Å²) in [5.74, 6) is 0.104. The summed E-state index contributed by atoms with van der Waals surface area (Å²) in [4.78, 5) is 12.3. The molecule has 0 saturated carbocycles. The highest BCUT2D eigenvalue weighted by atomic mass is 16.5. The molecule has 0 atom stereocenters. The number of fused-ring (bicyclic) bond motifs is 1. The molecule has 3 rings (SSSR count). The Kier molecular flexibility index (Phi) is 5.15. The number of benzene rings is 1. The van der Waals surface area contributed by atoms with Gasteiger partial charge in [0.05, 0.1) is 24.8 Å². The minimum absolute atomic E-state index is 0.0832. The quantitative estimate of drug-likeness (QED) is 0.537. The van der Waals surface area contributed by atoms with E-state index in [1.807, 2.05) is 6.07 Å². The molecule has 0 saturated heterocycles. The Bertz CT molecular complexity index is 963. The molecule has 0 unspecified atom stereocenters. The van der Waals surface area contributed by atoms with Crippen LogP contribution in [0.25, 0.3) is 11.2 Å². The van der Waals surface area contributed by atoms with Crippen molar-refractivity contribution in [2.45, 2.75) is 19.4 Å². The number of nitriles is 1. The average Bonchev–Trinajstić information content (AvgIpc) is 2.95. The molecule has 0 amide bonds. The molecule has 0 fully saturated rings. The second-order valence-electron chi connectivity index (χ2n) is 5.65. The Morgan fingerprint density at radius 3 is 2.85 bits per heavy atom. The molecule has 9 heteroatoms. The van der Waals surface area contributed by atoms with Crippen LogP contribution in [-0.4, -0.2) is 42.9 Å². The smallest absolute Gasteiger partial charge is 0.320 e. The van der Waals surface area contributed by atoms with Crippen LogP contribution < -0.4 is 10.5 Å². The second-order valence-corrected chi connectivity index (χ2v) is 5.65. The van der Waals surface area contributed by atoms with Crippen LogP contribution in [0.5, 0.6) is 12.0 Å². The first-order valence-electron chi connectivity index (χ1n) is 8.07. The number of ether oxygens (including phenoxy) is 1. The van der Waals surface area contributed by atoms with E-state index in [2.05, 4.69) is 21.0 Å². The molecule has 0 aliphatic heterocycles. The van der Waals surface area contributed by atoms with Crippen LogP contribution in [-0.2, 0) is 6.54 Å². The van der Waals surface area contributed by atoms with Crippen molar-refractivity contribution in [3.05, 3.63) is 35.4 Å². The second kappa shape index (κ2) is 7.67. The lowest BCUT2D eigenvalue weighted by Gasteiger charge is -2.08. The number of nitrogens with two attached hydrogens (primary N) is 1. The van der Waals surface area contributed by atoms with Gasteiger partial charge in [-0.3, -0.25) is 4.57 Å². The number of hydrogen-bond donors (Lipinski definition) is 3. The molecular formula is C17H18N6O3. The Morgan fingerprint density at radius 1 is 1.23 bits per heavy atom. The van der Waals surface area contributed by atoms with Crippen molar-refractivity contribution in [3.8, 4) is 18.1 Å². The van der Waals surface area contributed by atoms with Crippen molar-refractivity contribution < 1.29 is 14.9 Å².